The van der Waals surface area contributed by atoms with E-state index in [1.165, 1.54) is 128 Å². The van der Waals surface area contributed by atoms with Crippen LogP contribution in [0.5, 0.6) is 0 Å². The first-order valence-electron chi connectivity index (χ1n) is 30.9. The van der Waals surface area contributed by atoms with Crippen LogP contribution in [0.2, 0.25) is 0 Å². The summed E-state index contributed by atoms with van der Waals surface area (Å²) in [5, 5.41) is 0. The number of phosphoric ester groups is 1. The van der Waals surface area contributed by atoms with Gasteiger partial charge in [-0.05, 0) is 96.3 Å². The molecule has 0 aliphatic rings. The summed E-state index contributed by atoms with van der Waals surface area (Å²) in [4.78, 5) is 37.9. The van der Waals surface area contributed by atoms with E-state index in [0.29, 0.717) is 17.4 Å². The monoisotopic (exact) mass is 1080 g/mol. The summed E-state index contributed by atoms with van der Waals surface area (Å²) in [6.45, 7) is 4.10. The summed E-state index contributed by atoms with van der Waals surface area (Å²) >= 11 is 0. The van der Waals surface area contributed by atoms with Gasteiger partial charge in [0.1, 0.15) is 19.8 Å². The summed E-state index contributed by atoms with van der Waals surface area (Å²) in [7, 11) is 1.14. The Balaban J connectivity index is 4.12. The predicted molar refractivity (Wildman–Crippen MR) is 323 cm³/mol. The molecule has 0 aliphatic carbocycles. The van der Waals surface area contributed by atoms with Crippen molar-refractivity contribution in [2.75, 3.05) is 47.5 Å². The van der Waals surface area contributed by atoms with Gasteiger partial charge in [-0.15, -0.1) is 0 Å². The van der Waals surface area contributed by atoms with Crippen LogP contribution in [0.3, 0.4) is 0 Å². The van der Waals surface area contributed by atoms with Crippen LogP contribution in [-0.2, 0) is 32.7 Å². The lowest BCUT2D eigenvalue weighted by molar-refractivity contribution is -0.870. The van der Waals surface area contributed by atoms with Gasteiger partial charge < -0.3 is 27.9 Å². The van der Waals surface area contributed by atoms with Gasteiger partial charge in [0, 0.05) is 12.8 Å². The van der Waals surface area contributed by atoms with Crippen molar-refractivity contribution in [3.05, 3.63) is 97.2 Å². The van der Waals surface area contributed by atoms with E-state index in [-0.39, 0.29) is 32.0 Å². The number of allylic oxidation sites excluding steroid dienone is 16. The van der Waals surface area contributed by atoms with Gasteiger partial charge in [-0.1, -0.05) is 246 Å². The molecule has 0 spiro atoms. The topological polar surface area (TPSA) is 111 Å². The maximum Gasteiger partial charge on any atom is 0.306 e. The molecule has 0 N–H and O–H groups in total. The second kappa shape index (κ2) is 56.6. The van der Waals surface area contributed by atoms with Crippen molar-refractivity contribution in [3.63, 3.8) is 0 Å². The number of carbonyl (C=O) groups is 2. The van der Waals surface area contributed by atoms with Crippen LogP contribution in [0, 0.1) is 0 Å². The molecule has 0 amide bonds. The molecule has 0 aromatic heterocycles. The highest BCUT2D eigenvalue weighted by atomic mass is 31.2. The van der Waals surface area contributed by atoms with Crippen molar-refractivity contribution in [2.24, 2.45) is 0 Å². The lowest BCUT2D eigenvalue weighted by atomic mass is 10.0. The van der Waals surface area contributed by atoms with Crippen LogP contribution in [0.1, 0.15) is 258 Å². The highest BCUT2D eigenvalue weighted by Crippen LogP contribution is 2.38. The maximum atomic E-state index is 12.8. The number of rotatable bonds is 56. The maximum absolute atomic E-state index is 12.8. The lowest BCUT2D eigenvalue weighted by Crippen LogP contribution is -2.37. The number of quaternary nitrogens is 1. The molecule has 0 rings (SSSR count). The van der Waals surface area contributed by atoms with Crippen LogP contribution in [0.25, 0.3) is 0 Å². The van der Waals surface area contributed by atoms with Crippen LogP contribution in [-0.4, -0.2) is 70.0 Å². The van der Waals surface area contributed by atoms with E-state index in [4.69, 9.17) is 18.5 Å². The molecule has 10 heteroatoms. The number of nitrogens with zero attached hydrogens (tertiary/aromatic N) is 1. The average Bonchev–Trinajstić information content (AvgIpc) is 3.38. The fraction of sp³-hybridized carbons (Fsp3) is 0.727. The highest BCUT2D eigenvalue weighted by Gasteiger charge is 2.22. The number of hydrogen-bond donors (Lipinski definition) is 0. The molecule has 0 aliphatic heterocycles. The zero-order valence-corrected chi connectivity index (χ0v) is 50.6. The van der Waals surface area contributed by atoms with E-state index < -0.39 is 26.5 Å². The molecule has 0 aromatic rings. The number of likely N-dealkylation sites (N-methyl/N-ethyl adjacent to an activating group) is 1. The van der Waals surface area contributed by atoms with Crippen LogP contribution in [0.4, 0.5) is 0 Å². The second-order valence-electron chi connectivity index (χ2n) is 21.7. The molecule has 0 heterocycles. The van der Waals surface area contributed by atoms with Crippen LogP contribution >= 0.6 is 7.82 Å². The fourth-order valence-corrected chi connectivity index (χ4v) is 9.07. The zero-order valence-electron chi connectivity index (χ0n) is 49.7. The molecule has 0 fully saturated rings. The smallest absolute Gasteiger partial charge is 0.306 e. The van der Waals surface area contributed by atoms with Gasteiger partial charge in [0.05, 0.1) is 27.7 Å². The second-order valence-corrected chi connectivity index (χ2v) is 23.1. The van der Waals surface area contributed by atoms with Gasteiger partial charge >= 0.3 is 11.9 Å². The van der Waals surface area contributed by atoms with E-state index in [1.54, 1.807) is 0 Å². The third-order valence-electron chi connectivity index (χ3n) is 13.1. The van der Waals surface area contributed by atoms with E-state index >= 15 is 0 Å². The lowest BCUT2D eigenvalue weighted by Gasteiger charge is -2.28. The average molecular weight is 1080 g/mol. The Morgan fingerprint density at radius 3 is 1.12 bits per heavy atom. The Morgan fingerprint density at radius 2 is 0.750 bits per heavy atom. The zero-order chi connectivity index (χ0) is 55.6. The number of hydrogen-bond acceptors (Lipinski definition) is 8. The number of carbonyl (C=O) groups excluding carboxylic acids is 2. The minimum Gasteiger partial charge on any atom is -0.756 e. The van der Waals surface area contributed by atoms with Gasteiger partial charge in [0.15, 0.2) is 6.10 Å². The summed E-state index contributed by atoms with van der Waals surface area (Å²) in [6.07, 6.45) is 77.5. The first-order valence-corrected chi connectivity index (χ1v) is 32.4. The SMILES string of the molecule is CC/C=C\C/C=C\C/C=C\C/C=C\C/C=C\CCCCCCCC(=O)OC(COC(=O)CCCCCCCCCCCCCCCCCC/C=C\C/C=C\C/C=C\CCCCCCC)COP(=O)([O-])OCC[N+](C)(C)C. The third kappa shape index (κ3) is 60.2. The van der Waals surface area contributed by atoms with Crippen LogP contribution < -0.4 is 4.89 Å². The standard InChI is InChI=1S/C66H116NO8P/c1-6-8-10-12-14-16-18-20-22-24-26-28-29-30-31-32-33-34-35-36-37-39-40-42-44-46-48-50-52-54-56-58-65(68)72-62-64(63-74-76(70,71)73-61-60-67(3,4)5)75-66(69)59-57-55-53-51-49-47-45-43-41-38-27-25-23-21-19-17-15-13-11-9-7-2/h9,11,15,17-18,20-21,23-24,26-27,29-30,38,43,45,64H,6-8,10,12-14,16,19,22,25,28,31-37,39-42,44,46-63H2,1-5H3/b11-9-,17-15-,20-18-,23-21-,26-24-,30-29-,38-27-,45-43-. The van der Waals surface area contributed by atoms with Crippen molar-refractivity contribution < 1.29 is 42.1 Å². The Morgan fingerprint density at radius 1 is 0.421 bits per heavy atom. The summed E-state index contributed by atoms with van der Waals surface area (Å²) in [5.74, 6) is -0.855. The molecule has 2 unspecified atom stereocenters. The first kappa shape index (κ1) is 72.9. The van der Waals surface area contributed by atoms with Gasteiger partial charge in [-0.2, -0.15) is 0 Å². The van der Waals surface area contributed by atoms with E-state index in [9.17, 15) is 19.0 Å². The van der Waals surface area contributed by atoms with Crippen molar-refractivity contribution in [1.29, 1.82) is 0 Å². The van der Waals surface area contributed by atoms with Crippen molar-refractivity contribution in [2.45, 2.75) is 264 Å². The molecule has 0 radical (unpaired) electrons. The molecule has 0 saturated carbocycles. The molecule has 0 aromatic carbocycles. The number of ether oxygens (including phenoxy) is 2. The fourth-order valence-electron chi connectivity index (χ4n) is 8.34. The van der Waals surface area contributed by atoms with Gasteiger partial charge in [0.2, 0.25) is 0 Å². The minimum absolute atomic E-state index is 0.0390. The normalized spacial score (nSPS) is 13.9. The Bertz CT molecular complexity index is 1600. The minimum atomic E-state index is -4.65. The molecule has 0 saturated heterocycles. The molecule has 9 nitrogen and oxygen atoms in total. The number of phosphoric acid groups is 1. The predicted octanol–water partition coefficient (Wildman–Crippen LogP) is 19.0. The van der Waals surface area contributed by atoms with Gasteiger partial charge in [-0.3, -0.25) is 14.2 Å². The Hall–Kier alpha value is -3.07. The Labute approximate surface area is 468 Å². The Kier molecular flexibility index (Phi) is 54.4. The molecule has 438 valence electrons. The quantitative estimate of drug-likeness (QED) is 0.0195. The summed E-state index contributed by atoms with van der Waals surface area (Å²) in [6, 6.07) is 0. The summed E-state index contributed by atoms with van der Waals surface area (Å²) < 4.78 is 34.2. The number of unbranched alkanes of at least 4 members (excludes halogenated alkanes) is 26. The summed E-state index contributed by atoms with van der Waals surface area (Å²) in [5.41, 5.74) is 0. The van der Waals surface area contributed by atoms with Gasteiger partial charge in [-0.25, -0.2) is 0 Å². The first-order chi connectivity index (χ1) is 37.0. The largest absolute Gasteiger partial charge is 0.756 e. The third-order valence-corrected chi connectivity index (χ3v) is 14.1. The van der Waals surface area contributed by atoms with E-state index in [2.05, 4.69) is 111 Å². The number of esters is 2. The molecule has 76 heavy (non-hydrogen) atoms. The molecular formula is C66H116NO8P. The van der Waals surface area contributed by atoms with E-state index in [1.807, 2.05) is 21.1 Å². The van der Waals surface area contributed by atoms with E-state index in [0.717, 1.165) is 96.3 Å². The van der Waals surface area contributed by atoms with Crippen molar-refractivity contribution in [1.82, 2.24) is 0 Å². The highest BCUT2D eigenvalue weighted by molar-refractivity contribution is 7.45. The molecular weight excluding hydrogens is 966 g/mol. The molecule has 2 atom stereocenters. The molecule has 0 bridgehead atoms. The van der Waals surface area contributed by atoms with Crippen molar-refractivity contribution in [3.8, 4) is 0 Å². The van der Waals surface area contributed by atoms with Crippen LogP contribution in [0.15, 0.2) is 97.2 Å². The van der Waals surface area contributed by atoms with Gasteiger partial charge in [0.25, 0.3) is 7.82 Å². The van der Waals surface area contributed by atoms with Crippen molar-refractivity contribution >= 4 is 19.8 Å².